The van der Waals surface area contributed by atoms with Crippen molar-refractivity contribution >= 4 is 11.6 Å². The van der Waals surface area contributed by atoms with Crippen LogP contribution in [-0.2, 0) is 16.0 Å². The molecule has 1 saturated heterocycles. The highest BCUT2D eigenvalue weighted by atomic mass is 35.5. The number of morpholine rings is 1. The number of nitrogens with zero attached hydrogens (tertiary/aromatic N) is 4. The first kappa shape index (κ1) is 16.3. The Kier molecular flexibility index (Phi) is 5.22. The maximum Gasteiger partial charge on any atom is 0.141 e. The molecule has 0 spiro atoms. The van der Waals surface area contributed by atoms with Crippen LogP contribution in [0.15, 0.2) is 24.4 Å². The van der Waals surface area contributed by atoms with Crippen LogP contribution in [-0.4, -0.2) is 59.4 Å². The molecule has 1 aliphatic rings. The molecule has 0 bridgehead atoms. The molecule has 2 aromatic rings. The van der Waals surface area contributed by atoms with Crippen molar-refractivity contribution < 1.29 is 13.9 Å². The third kappa shape index (κ3) is 4.06. The van der Waals surface area contributed by atoms with Gasteiger partial charge in [-0.2, -0.15) is 0 Å². The molecule has 0 amide bonds. The maximum atomic E-state index is 13.2. The summed E-state index contributed by atoms with van der Waals surface area (Å²) >= 11 is 5.80. The molecule has 6 nitrogen and oxygen atoms in total. The molecule has 23 heavy (non-hydrogen) atoms. The van der Waals surface area contributed by atoms with Gasteiger partial charge in [0.2, 0.25) is 0 Å². The summed E-state index contributed by atoms with van der Waals surface area (Å²) in [5.74, 6) is -0.451. The van der Waals surface area contributed by atoms with E-state index in [2.05, 4.69) is 15.2 Å². The highest BCUT2D eigenvalue weighted by Gasteiger charge is 2.21. The zero-order chi connectivity index (χ0) is 16.2. The quantitative estimate of drug-likeness (QED) is 0.832. The van der Waals surface area contributed by atoms with E-state index in [1.807, 2.05) is 6.20 Å². The fourth-order valence-corrected chi connectivity index (χ4v) is 2.74. The Morgan fingerprint density at radius 1 is 1.48 bits per heavy atom. The van der Waals surface area contributed by atoms with Crippen molar-refractivity contribution in [2.45, 2.75) is 12.6 Å². The van der Waals surface area contributed by atoms with E-state index >= 15 is 0 Å². The third-order valence-electron chi connectivity index (χ3n) is 3.67. The minimum absolute atomic E-state index is 0.0649. The van der Waals surface area contributed by atoms with E-state index in [1.165, 1.54) is 12.1 Å². The monoisotopic (exact) mass is 340 g/mol. The molecule has 0 N–H and O–H groups in total. The molecule has 0 aliphatic carbocycles. The van der Waals surface area contributed by atoms with Gasteiger partial charge in [0.1, 0.15) is 5.82 Å². The Bertz CT molecular complexity index is 665. The zero-order valence-corrected chi connectivity index (χ0v) is 13.5. The average Bonchev–Trinajstić information content (AvgIpc) is 2.99. The second-order valence-corrected chi connectivity index (χ2v) is 5.84. The van der Waals surface area contributed by atoms with E-state index in [1.54, 1.807) is 17.9 Å². The van der Waals surface area contributed by atoms with E-state index in [-0.39, 0.29) is 11.1 Å². The molecule has 8 heteroatoms. The van der Waals surface area contributed by atoms with Gasteiger partial charge in [-0.3, -0.25) is 4.90 Å². The lowest BCUT2D eigenvalue weighted by atomic mass is 10.2. The van der Waals surface area contributed by atoms with Crippen LogP contribution < -0.4 is 0 Å². The summed E-state index contributed by atoms with van der Waals surface area (Å²) in [4.78, 5) is 2.25. The zero-order valence-electron chi connectivity index (χ0n) is 12.8. The standard InChI is InChI=1S/C15H18ClFN4O2/c1-22-10-13-9-20(4-5-23-13)7-11-8-21(19-18-11)12-2-3-15(17)14(16)6-12/h2-3,6,8,13H,4-5,7,9-10H2,1H3/t13-/m0/s1. The molecule has 3 rings (SSSR count). The van der Waals surface area contributed by atoms with Crippen molar-refractivity contribution in [3.8, 4) is 5.69 Å². The smallest absolute Gasteiger partial charge is 0.141 e. The lowest BCUT2D eigenvalue weighted by molar-refractivity contribution is -0.0633. The molecular weight excluding hydrogens is 323 g/mol. The summed E-state index contributed by atoms with van der Waals surface area (Å²) < 4.78 is 25.6. The first-order valence-corrected chi connectivity index (χ1v) is 7.73. The normalized spacial score (nSPS) is 19.2. The molecular formula is C15H18ClFN4O2. The van der Waals surface area contributed by atoms with Crippen LogP contribution in [0.3, 0.4) is 0 Å². The predicted molar refractivity (Wildman–Crippen MR) is 83.2 cm³/mol. The highest BCUT2D eigenvalue weighted by molar-refractivity contribution is 6.30. The van der Waals surface area contributed by atoms with Gasteiger partial charge in [0.05, 0.1) is 41.9 Å². The average molecular weight is 341 g/mol. The minimum Gasteiger partial charge on any atom is -0.382 e. The summed E-state index contributed by atoms with van der Waals surface area (Å²) in [6.07, 6.45) is 1.91. The van der Waals surface area contributed by atoms with Crippen molar-refractivity contribution in [2.75, 3.05) is 33.4 Å². The lowest BCUT2D eigenvalue weighted by Crippen LogP contribution is -2.43. The largest absolute Gasteiger partial charge is 0.382 e. The number of benzene rings is 1. The number of rotatable bonds is 5. The number of hydrogen-bond donors (Lipinski definition) is 0. The number of hydrogen-bond acceptors (Lipinski definition) is 5. The summed E-state index contributed by atoms with van der Waals surface area (Å²) in [6, 6.07) is 4.46. The lowest BCUT2D eigenvalue weighted by Gasteiger charge is -2.31. The SMILES string of the molecule is COC[C@@H]1CN(Cc2cn(-c3ccc(F)c(Cl)c3)nn2)CCO1. The Morgan fingerprint density at radius 2 is 2.35 bits per heavy atom. The van der Waals surface area contributed by atoms with Gasteiger partial charge < -0.3 is 9.47 Å². The van der Waals surface area contributed by atoms with Crippen LogP contribution in [0.5, 0.6) is 0 Å². The van der Waals surface area contributed by atoms with Gasteiger partial charge in [-0.05, 0) is 18.2 Å². The third-order valence-corrected chi connectivity index (χ3v) is 3.96. The topological polar surface area (TPSA) is 52.4 Å². The van der Waals surface area contributed by atoms with E-state index in [0.29, 0.717) is 25.4 Å². The Hall–Kier alpha value is -1.54. The summed E-state index contributed by atoms with van der Waals surface area (Å²) in [7, 11) is 1.67. The van der Waals surface area contributed by atoms with Gasteiger partial charge in [-0.25, -0.2) is 9.07 Å². The molecule has 0 saturated carbocycles. The summed E-state index contributed by atoms with van der Waals surface area (Å²) in [5.41, 5.74) is 1.51. The van der Waals surface area contributed by atoms with E-state index in [9.17, 15) is 4.39 Å². The van der Waals surface area contributed by atoms with Crippen LogP contribution in [0.25, 0.3) is 5.69 Å². The molecule has 1 aromatic carbocycles. The van der Waals surface area contributed by atoms with Crippen LogP contribution in [0.2, 0.25) is 5.02 Å². The van der Waals surface area contributed by atoms with E-state index < -0.39 is 5.82 Å². The molecule has 2 heterocycles. The second kappa shape index (κ2) is 7.35. The van der Waals surface area contributed by atoms with Crippen LogP contribution in [0, 0.1) is 5.82 Å². The Balaban J connectivity index is 1.66. The number of aromatic nitrogens is 3. The predicted octanol–water partition coefficient (Wildman–Crippen LogP) is 1.91. The first-order chi connectivity index (χ1) is 11.2. The molecule has 0 radical (unpaired) electrons. The molecule has 1 aliphatic heterocycles. The maximum absolute atomic E-state index is 13.2. The van der Waals surface area contributed by atoms with Gasteiger partial charge in [0.25, 0.3) is 0 Å². The van der Waals surface area contributed by atoms with Crippen LogP contribution in [0.4, 0.5) is 4.39 Å². The summed E-state index contributed by atoms with van der Waals surface area (Å²) in [6.45, 7) is 3.57. The number of ether oxygens (including phenoxy) is 2. The van der Waals surface area contributed by atoms with Crippen molar-refractivity contribution in [1.82, 2.24) is 19.9 Å². The van der Waals surface area contributed by atoms with Gasteiger partial charge >= 0.3 is 0 Å². The van der Waals surface area contributed by atoms with Crippen molar-refractivity contribution in [3.63, 3.8) is 0 Å². The Labute approximate surface area is 138 Å². The van der Waals surface area contributed by atoms with Crippen molar-refractivity contribution in [1.29, 1.82) is 0 Å². The van der Waals surface area contributed by atoms with E-state index in [0.717, 1.165) is 18.8 Å². The molecule has 1 aromatic heterocycles. The number of halogens is 2. The summed E-state index contributed by atoms with van der Waals surface area (Å²) in [5, 5.41) is 8.32. The van der Waals surface area contributed by atoms with Gasteiger partial charge in [-0.1, -0.05) is 16.8 Å². The second-order valence-electron chi connectivity index (χ2n) is 5.44. The molecule has 124 valence electrons. The van der Waals surface area contributed by atoms with Crippen LogP contribution >= 0.6 is 11.6 Å². The molecule has 1 atom stereocenters. The van der Waals surface area contributed by atoms with Gasteiger partial charge in [0, 0.05) is 26.7 Å². The molecule has 0 unspecified atom stereocenters. The van der Waals surface area contributed by atoms with Gasteiger partial charge in [0.15, 0.2) is 0 Å². The molecule has 1 fully saturated rings. The fraction of sp³-hybridized carbons (Fsp3) is 0.467. The van der Waals surface area contributed by atoms with Crippen LogP contribution in [0.1, 0.15) is 5.69 Å². The minimum atomic E-state index is -0.451. The van der Waals surface area contributed by atoms with Gasteiger partial charge in [-0.15, -0.1) is 5.10 Å². The van der Waals surface area contributed by atoms with Crippen molar-refractivity contribution in [2.24, 2.45) is 0 Å². The first-order valence-electron chi connectivity index (χ1n) is 7.35. The van der Waals surface area contributed by atoms with Crippen molar-refractivity contribution in [3.05, 3.63) is 40.9 Å². The Morgan fingerprint density at radius 3 is 3.13 bits per heavy atom. The number of methoxy groups -OCH3 is 1. The fourth-order valence-electron chi connectivity index (χ4n) is 2.56. The van der Waals surface area contributed by atoms with E-state index in [4.69, 9.17) is 21.1 Å². The highest BCUT2D eigenvalue weighted by Crippen LogP contribution is 2.18.